The van der Waals surface area contributed by atoms with Crippen molar-refractivity contribution in [2.45, 2.75) is 37.3 Å². The molecule has 1 N–H and O–H groups in total. The second-order valence-corrected chi connectivity index (χ2v) is 10.4. The van der Waals surface area contributed by atoms with Gasteiger partial charge >= 0.3 is 0 Å². The molecule has 1 saturated heterocycles. The number of likely N-dealkylation sites (tertiary alicyclic amines) is 1. The maximum absolute atomic E-state index is 13.9. The standard InChI is InChI=1S/C34H33F2NO2/c35-29-15-11-26(12-16-29)31(27-13-17-30(36)18-14-27)23-32(33(38)28-9-5-2-6-10-28)34(39)37-21-19-25(20-22-37)24-7-3-1-4-8-24/h1-18,25,31-32,34,39H,19-23H2. The number of piperidine rings is 1. The molecule has 0 saturated carbocycles. The number of hydrogen-bond acceptors (Lipinski definition) is 3. The minimum Gasteiger partial charge on any atom is -0.378 e. The van der Waals surface area contributed by atoms with Crippen molar-refractivity contribution in [1.82, 2.24) is 4.90 Å². The predicted molar refractivity (Wildman–Crippen MR) is 150 cm³/mol. The summed E-state index contributed by atoms with van der Waals surface area (Å²) in [5.41, 5.74) is 3.46. The zero-order valence-corrected chi connectivity index (χ0v) is 21.8. The number of aliphatic hydroxyl groups excluding tert-OH is 1. The van der Waals surface area contributed by atoms with Crippen LogP contribution >= 0.6 is 0 Å². The SMILES string of the molecule is O=C(c1ccccc1)C(CC(c1ccc(F)cc1)c1ccc(F)cc1)C(O)N1CCC(c2ccccc2)CC1. The summed E-state index contributed by atoms with van der Waals surface area (Å²) < 4.78 is 27.6. The zero-order valence-electron chi connectivity index (χ0n) is 21.8. The minimum absolute atomic E-state index is 0.137. The molecule has 2 atom stereocenters. The van der Waals surface area contributed by atoms with Crippen molar-refractivity contribution < 1.29 is 18.7 Å². The molecule has 0 spiro atoms. The lowest BCUT2D eigenvalue weighted by atomic mass is 9.79. The summed E-state index contributed by atoms with van der Waals surface area (Å²) in [6.45, 7) is 1.36. The summed E-state index contributed by atoms with van der Waals surface area (Å²) >= 11 is 0. The highest BCUT2D eigenvalue weighted by molar-refractivity contribution is 5.98. The van der Waals surface area contributed by atoms with Gasteiger partial charge in [-0.2, -0.15) is 0 Å². The Morgan fingerprint density at radius 2 is 1.23 bits per heavy atom. The van der Waals surface area contributed by atoms with Gasteiger partial charge in [0.25, 0.3) is 0 Å². The van der Waals surface area contributed by atoms with Gasteiger partial charge in [-0.3, -0.25) is 9.69 Å². The van der Waals surface area contributed by atoms with Crippen LogP contribution in [0.25, 0.3) is 0 Å². The maximum Gasteiger partial charge on any atom is 0.169 e. The molecule has 39 heavy (non-hydrogen) atoms. The van der Waals surface area contributed by atoms with Crippen molar-refractivity contribution in [1.29, 1.82) is 0 Å². The van der Waals surface area contributed by atoms with Gasteiger partial charge in [-0.15, -0.1) is 0 Å². The summed E-state index contributed by atoms with van der Waals surface area (Å²) in [4.78, 5) is 15.9. The Hall–Kier alpha value is -3.67. The molecule has 0 radical (unpaired) electrons. The molecule has 2 unspecified atom stereocenters. The number of carbonyl (C=O) groups excluding carboxylic acids is 1. The molecule has 200 valence electrons. The lowest BCUT2D eigenvalue weighted by Gasteiger charge is -2.39. The van der Waals surface area contributed by atoms with Crippen molar-refractivity contribution in [3.8, 4) is 0 Å². The minimum atomic E-state index is -0.988. The predicted octanol–water partition coefficient (Wildman–Crippen LogP) is 7.18. The van der Waals surface area contributed by atoms with Crippen LogP contribution in [0.15, 0.2) is 109 Å². The monoisotopic (exact) mass is 525 g/mol. The molecule has 4 aromatic rings. The van der Waals surface area contributed by atoms with Gasteiger partial charge in [0, 0.05) is 24.6 Å². The second-order valence-electron chi connectivity index (χ2n) is 10.4. The highest BCUT2D eigenvalue weighted by Crippen LogP contribution is 2.36. The van der Waals surface area contributed by atoms with E-state index in [1.54, 1.807) is 36.4 Å². The van der Waals surface area contributed by atoms with E-state index in [1.807, 2.05) is 29.2 Å². The van der Waals surface area contributed by atoms with Crippen molar-refractivity contribution >= 4 is 5.78 Å². The third-order valence-corrected chi connectivity index (χ3v) is 7.96. The highest BCUT2D eigenvalue weighted by Gasteiger charge is 2.36. The molecule has 5 heteroatoms. The molecule has 0 aliphatic carbocycles. The average molecular weight is 526 g/mol. The van der Waals surface area contributed by atoms with Crippen LogP contribution in [0.1, 0.15) is 58.1 Å². The van der Waals surface area contributed by atoms with Gasteiger partial charge in [0.1, 0.15) is 17.9 Å². The van der Waals surface area contributed by atoms with Crippen LogP contribution in [0.5, 0.6) is 0 Å². The molecule has 1 fully saturated rings. The van der Waals surface area contributed by atoms with E-state index in [9.17, 15) is 18.7 Å². The van der Waals surface area contributed by atoms with Crippen molar-refractivity contribution in [3.63, 3.8) is 0 Å². The van der Waals surface area contributed by atoms with Crippen LogP contribution in [0.4, 0.5) is 8.78 Å². The molecule has 3 nitrogen and oxygen atoms in total. The Morgan fingerprint density at radius 1 is 0.744 bits per heavy atom. The van der Waals surface area contributed by atoms with Crippen molar-refractivity contribution in [2.75, 3.05) is 13.1 Å². The normalized spacial score (nSPS) is 16.2. The summed E-state index contributed by atoms with van der Waals surface area (Å²) in [6, 6.07) is 31.8. The van der Waals surface area contributed by atoms with E-state index >= 15 is 0 Å². The number of hydrogen-bond donors (Lipinski definition) is 1. The van der Waals surface area contributed by atoms with Crippen LogP contribution in [0.2, 0.25) is 0 Å². The van der Waals surface area contributed by atoms with E-state index in [0.717, 1.165) is 24.0 Å². The first-order chi connectivity index (χ1) is 19.0. The fourth-order valence-electron chi connectivity index (χ4n) is 5.77. The Kier molecular flexibility index (Phi) is 8.60. The Labute approximate surface area is 228 Å². The molecule has 0 amide bonds. The Morgan fingerprint density at radius 3 is 1.74 bits per heavy atom. The van der Waals surface area contributed by atoms with Crippen LogP contribution in [-0.4, -0.2) is 35.1 Å². The van der Waals surface area contributed by atoms with Crippen molar-refractivity contribution in [2.24, 2.45) is 5.92 Å². The largest absolute Gasteiger partial charge is 0.378 e. The molecular formula is C34H33F2NO2. The molecule has 5 rings (SSSR count). The van der Waals surface area contributed by atoms with Gasteiger partial charge in [0.2, 0.25) is 0 Å². The maximum atomic E-state index is 13.9. The van der Waals surface area contributed by atoms with Crippen molar-refractivity contribution in [3.05, 3.63) is 143 Å². The van der Waals surface area contributed by atoms with Crippen LogP contribution < -0.4 is 0 Å². The number of Topliss-reactive ketones (excluding diaryl/α,β-unsaturated/α-hetero) is 1. The summed E-state index contributed by atoms with van der Waals surface area (Å²) in [7, 11) is 0. The average Bonchev–Trinajstić information content (AvgIpc) is 2.99. The fraction of sp³-hybridized carbons (Fsp3) is 0.265. The summed E-state index contributed by atoms with van der Waals surface area (Å²) in [5.74, 6) is -1.49. The van der Waals surface area contributed by atoms with Gasteiger partial charge < -0.3 is 5.11 Å². The van der Waals surface area contributed by atoms with Gasteiger partial charge in [0.05, 0.1) is 5.92 Å². The number of ketones is 1. The van der Waals surface area contributed by atoms with E-state index in [-0.39, 0.29) is 23.3 Å². The lowest BCUT2D eigenvalue weighted by Crippen LogP contribution is -2.47. The number of benzene rings is 4. The fourth-order valence-corrected chi connectivity index (χ4v) is 5.77. The van der Waals surface area contributed by atoms with Crippen LogP contribution in [0, 0.1) is 17.6 Å². The van der Waals surface area contributed by atoms with Gasteiger partial charge in [0.15, 0.2) is 5.78 Å². The number of nitrogens with zero attached hydrogens (tertiary/aromatic N) is 1. The van der Waals surface area contributed by atoms with E-state index in [2.05, 4.69) is 24.3 Å². The second kappa shape index (κ2) is 12.5. The van der Waals surface area contributed by atoms with Crippen LogP contribution in [-0.2, 0) is 0 Å². The van der Waals surface area contributed by atoms with E-state index < -0.39 is 12.1 Å². The summed E-state index contributed by atoms with van der Waals surface area (Å²) in [5, 5.41) is 11.7. The first kappa shape index (κ1) is 26.9. The van der Waals surface area contributed by atoms with E-state index in [1.165, 1.54) is 29.8 Å². The highest BCUT2D eigenvalue weighted by atomic mass is 19.1. The number of carbonyl (C=O) groups is 1. The molecular weight excluding hydrogens is 492 g/mol. The number of rotatable bonds is 9. The van der Waals surface area contributed by atoms with Gasteiger partial charge in [-0.05, 0) is 66.1 Å². The quantitative estimate of drug-likeness (QED) is 0.235. The van der Waals surface area contributed by atoms with E-state index in [0.29, 0.717) is 31.0 Å². The lowest BCUT2D eigenvalue weighted by molar-refractivity contribution is -0.0456. The molecule has 1 aliphatic rings. The molecule has 1 aliphatic heterocycles. The topological polar surface area (TPSA) is 40.5 Å². The Balaban J connectivity index is 1.44. The number of halogens is 2. The smallest absolute Gasteiger partial charge is 0.169 e. The molecule has 4 aromatic carbocycles. The van der Waals surface area contributed by atoms with Gasteiger partial charge in [-0.1, -0.05) is 84.9 Å². The first-order valence-electron chi connectivity index (χ1n) is 13.6. The zero-order chi connectivity index (χ0) is 27.2. The summed E-state index contributed by atoms with van der Waals surface area (Å²) in [6.07, 6.45) is 1.10. The third-order valence-electron chi connectivity index (χ3n) is 7.96. The molecule has 1 heterocycles. The molecule has 0 bridgehead atoms. The first-order valence-corrected chi connectivity index (χ1v) is 13.6. The van der Waals surface area contributed by atoms with Crippen LogP contribution in [0.3, 0.4) is 0 Å². The third kappa shape index (κ3) is 6.49. The van der Waals surface area contributed by atoms with Gasteiger partial charge in [-0.25, -0.2) is 8.78 Å². The Bertz CT molecular complexity index is 1290. The van der Waals surface area contributed by atoms with E-state index in [4.69, 9.17) is 0 Å². The molecule has 0 aromatic heterocycles. The number of aliphatic hydroxyl groups is 1.